The zero-order valence-corrected chi connectivity index (χ0v) is 28.7. The topological polar surface area (TPSA) is 85.0 Å². The Balaban J connectivity index is 1.19. The Morgan fingerprint density at radius 3 is 1.44 bits per heavy atom. The van der Waals surface area contributed by atoms with Crippen molar-refractivity contribution in [2.45, 2.75) is 13.8 Å². The molecular formula is C42H42N4O4. The van der Waals surface area contributed by atoms with Crippen LogP contribution in [0.3, 0.4) is 0 Å². The molecule has 0 fully saturated rings. The third kappa shape index (κ3) is 8.99. The van der Waals surface area contributed by atoms with E-state index in [9.17, 15) is 0 Å². The molecule has 0 bridgehead atoms. The van der Waals surface area contributed by atoms with Gasteiger partial charge in [-0.05, 0) is 117 Å². The summed E-state index contributed by atoms with van der Waals surface area (Å²) in [4.78, 5) is 0. The molecule has 6 aromatic carbocycles. The molecule has 6 aromatic rings. The highest BCUT2D eigenvalue weighted by Crippen LogP contribution is 2.38. The first-order valence-electron chi connectivity index (χ1n) is 16.5. The van der Waals surface area contributed by atoms with Gasteiger partial charge in [-0.1, -0.05) is 41.5 Å². The van der Waals surface area contributed by atoms with Gasteiger partial charge in [-0.25, -0.2) is 0 Å². The molecule has 0 aliphatic carbocycles. The maximum Gasteiger partial charge on any atom is 0.145 e. The summed E-state index contributed by atoms with van der Waals surface area (Å²) < 4.78 is 23.3. The summed E-state index contributed by atoms with van der Waals surface area (Å²) in [5.74, 6) is 2.99. The smallest absolute Gasteiger partial charge is 0.145 e. The molecular weight excluding hydrogens is 624 g/mol. The number of hydrogen-bond donors (Lipinski definition) is 4. The van der Waals surface area contributed by atoms with E-state index in [-0.39, 0.29) is 0 Å². The molecule has 0 unspecified atom stereocenters. The van der Waals surface area contributed by atoms with E-state index < -0.39 is 0 Å². The van der Waals surface area contributed by atoms with Crippen molar-refractivity contribution in [3.63, 3.8) is 0 Å². The molecule has 50 heavy (non-hydrogen) atoms. The predicted molar refractivity (Wildman–Crippen MR) is 205 cm³/mol. The van der Waals surface area contributed by atoms with Gasteiger partial charge < -0.3 is 40.2 Å². The Kier molecular flexibility index (Phi) is 10.9. The van der Waals surface area contributed by atoms with Crippen LogP contribution in [0.2, 0.25) is 0 Å². The van der Waals surface area contributed by atoms with Gasteiger partial charge >= 0.3 is 0 Å². The van der Waals surface area contributed by atoms with Crippen molar-refractivity contribution in [2.24, 2.45) is 0 Å². The number of benzene rings is 6. The van der Waals surface area contributed by atoms with E-state index in [1.807, 2.05) is 84.9 Å². The fourth-order valence-corrected chi connectivity index (χ4v) is 5.26. The summed E-state index contributed by atoms with van der Waals surface area (Å²) in [6.45, 7) is 4.80. The molecule has 0 amide bonds. The Morgan fingerprint density at radius 2 is 0.880 bits per heavy atom. The second-order valence-corrected chi connectivity index (χ2v) is 11.8. The third-order valence-electron chi connectivity index (χ3n) is 8.00. The first kappa shape index (κ1) is 33.6. The Morgan fingerprint density at radius 1 is 0.420 bits per heavy atom. The molecule has 254 valence electrons. The molecule has 0 spiro atoms. The lowest BCUT2D eigenvalue weighted by Gasteiger charge is -2.19. The average Bonchev–Trinajstić information content (AvgIpc) is 3.14. The van der Waals surface area contributed by atoms with Crippen molar-refractivity contribution >= 4 is 45.5 Å². The third-order valence-corrected chi connectivity index (χ3v) is 8.00. The average molecular weight is 667 g/mol. The van der Waals surface area contributed by atoms with Crippen LogP contribution in [-0.4, -0.2) is 27.4 Å². The summed E-state index contributed by atoms with van der Waals surface area (Å²) in [5, 5.41) is 14.1. The largest absolute Gasteiger partial charge is 0.497 e. The van der Waals surface area contributed by atoms with Crippen molar-refractivity contribution in [1.29, 1.82) is 0 Å². The maximum absolute atomic E-state index is 6.37. The highest BCUT2D eigenvalue weighted by atomic mass is 16.5. The van der Waals surface area contributed by atoms with Gasteiger partial charge in [0.2, 0.25) is 0 Å². The quantitative estimate of drug-likeness (QED) is 0.0806. The number of anilines is 8. The Hall–Kier alpha value is -6.28. The number of nitrogens with one attached hydrogen (secondary N) is 4. The summed E-state index contributed by atoms with van der Waals surface area (Å²) in [6.07, 6.45) is 0. The zero-order chi connectivity index (χ0) is 34.7. The number of ether oxygens (including phenoxy) is 4. The molecule has 8 nitrogen and oxygen atoms in total. The van der Waals surface area contributed by atoms with Crippen LogP contribution in [0, 0.1) is 13.8 Å². The fraction of sp³-hybridized carbons (Fsp3) is 0.143. The molecule has 0 aromatic heterocycles. The lowest BCUT2D eigenvalue weighted by molar-refractivity contribution is 0.218. The van der Waals surface area contributed by atoms with Gasteiger partial charge in [-0.15, -0.1) is 0 Å². The normalized spacial score (nSPS) is 10.6. The van der Waals surface area contributed by atoms with E-state index in [4.69, 9.17) is 18.9 Å². The second-order valence-electron chi connectivity index (χ2n) is 11.8. The van der Waals surface area contributed by atoms with Crippen molar-refractivity contribution in [3.8, 4) is 23.0 Å². The van der Waals surface area contributed by atoms with Gasteiger partial charge in [0.05, 0.1) is 25.6 Å². The zero-order valence-electron chi connectivity index (χ0n) is 28.7. The molecule has 0 saturated heterocycles. The van der Waals surface area contributed by atoms with Crippen LogP contribution in [0.4, 0.5) is 45.5 Å². The molecule has 0 aliphatic rings. The molecule has 0 aliphatic heterocycles. The Labute approximate surface area is 294 Å². The van der Waals surface area contributed by atoms with Crippen LogP contribution in [0.25, 0.3) is 0 Å². The van der Waals surface area contributed by atoms with E-state index in [0.717, 1.165) is 57.0 Å². The predicted octanol–water partition coefficient (Wildman–Crippen LogP) is 10.8. The molecule has 8 heteroatoms. The minimum absolute atomic E-state index is 0.322. The highest BCUT2D eigenvalue weighted by Gasteiger charge is 2.13. The van der Waals surface area contributed by atoms with Gasteiger partial charge in [0.25, 0.3) is 0 Å². The molecule has 4 N–H and O–H groups in total. The van der Waals surface area contributed by atoms with Crippen LogP contribution in [0.5, 0.6) is 23.0 Å². The first-order chi connectivity index (χ1) is 24.4. The lowest BCUT2D eigenvalue weighted by Crippen LogP contribution is -2.11. The van der Waals surface area contributed by atoms with Gasteiger partial charge in [-0.2, -0.15) is 0 Å². The summed E-state index contributed by atoms with van der Waals surface area (Å²) in [5.41, 5.74) is 9.65. The maximum atomic E-state index is 6.37. The summed E-state index contributed by atoms with van der Waals surface area (Å²) in [7, 11) is 3.31. The van der Waals surface area contributed by atoms with E-state index in [1.165, 1.54) is 11.1 Å². The van der Waals surface area contributed by atoms with Crippen LogP contribution in [0.15, 0.2) is 133 Å². The van der Waals surface area contributed by atoms with Gasteiger partial charge in [-0.3, -0.25) is 0 Å². The number of aryl methyl sites for hydroxylation is 2. The van der Waals surface area contributed by atoms with Crippen molar-refractivity contribution < 1.29 is 18.9 Å². The number of methoxy groups -OCH3 is 2. The lowest BCUT2D eigenvalue weighted by atomic mass is 10.2. The minimum Gasteiger partial charge on any atom is -0.497 e. The monoisotopic (exact) mass is 666 g/mol. The molecule has 0 saturated carbocycles. The summed E-state index contributed by atoms with van der Waals surface area (Å²) in [6, 6.07) is 44.1. The number of para-hydroxylation sites is 1. The highest BCUT2D eigenvalue weighted by molar-refractivity contribution is 5.83. The van der Waals surface area contributed by atoms with E-state index in [2.05, 4.69) is 83.6 Å². The molecule has 0 heterocycles. The van der Waals surface area contributed by atoms with Crippen LogP contribution >= 0.6 is 0 Å². The van der Waals surface area contributed by atoms with Gasteiger partial charge in [0.1, 0.15) is 41.9 Å². The molecule has 0 radical (unpaired) electrons. The van der Waals surface area contributed by atoms with E-state index in [0.29, 0.717) is 24.7 Å². The van der Waals surface area contributed by atoms with Gasteiger partial charge in [0, 0.05) is 28.4 Å². The summed E-state index contributed by atoms with van der Waals surface area (Å²) >= 11 is 0. The molecule has 0 atom stereocenters. The van der Waals surface area contributed by atoms with Crippen molar-refractivity contribution in [1.82, 2.24) is 0 Å². The van der Waals surface area contributed by atoms with E-state index >= 15 is 0 Å². The van der Waals surface area contributed by atoms with Crippen LogP contribution in [-0.2, 0) is 0 Å². The first-order valence-corrected chi connectivity index (χ1v) is 16.5. The van der Waals surface area contributed by atoms with Gasteiger partial charge in [0.15, 0.2) is 0 Å². The fourth-order valence-electron chi connectivity index (χ4n) is 5.26. The van der Waals surface area contributed by atoms with Crippen LogP contribution < -0.4 is 40.2 Å². The minimum atomic E-state index is 0.322. The van der Waals surface area contributed by atoms with Crippen molar-refractivity contribution in [2.75, 3.05) is 48.7 Å². The SMILES string of the molecule is COc1ccc(Nc2ccc(OCCOc3cccc(Nc4ccc(C)cc4)c3Nc3ccc(C)cc3)c(Nc3ccc(OC)cc3)c2)cc1. The number of rotatable bonds is 15. The standard InChI is InChI=1S/C42H42N4O4/c1-29-8-12-32(13-9-29)44-38-6-5-7-41(42(38)46-34-14-10-30(2)11-15-34)50-27-26-49-40-25-20-35(43-31-16-21-36(47-3)22-17-31)28-39(40)45-33-18-23-37(48-4)24-19-33/h5-25,28,43-46H,26-27H2,1-4H3. The second kappa shape index (κ2) is 16.2. The van der Waals surface area contributed by atoms with E-state index in [1.54, 1.807) is 14.2 Å². The van der Waals surface area contributed by atoms with Crippen LogP contribution in [0.1, 0.15) is 11.1 Å². The Bertz CT molecular complexity index is 1980. The molecule has 6 rings (SSSR count). The number of hydrogen-bond acceptors (Lipinski definition) is 8. The van der Waals surface area contributed by atoms with Crippen molar-refractivity contribution in [3.05, 3.63) is 145 Å².